The second-order valence-electron chi connectivity index (χ2n) is 6.23. The molecule has 2 rings (SSSR count). The molecule has 0 radical (unpaired) electrons. The molecule has 1 amide bonds. The second kappa shape index (κ2) is 7.82. The fraction of sp³-hybridized carbons (Fsp3) is 0.350. The third kappa shape index (κ3) is 4.85. The average molecular weight is 311 g/mol. The third-order valence-electron chi connectivity index (χ3n) is 3.99. The molecule has 0 unspecified atom stereocenters. The first kappa shape index (κ1) is 17.1. The second-order valence-corrected chi connectivity index (χ2v) is 6.23. The molecule has 1 N–H and O–H groups in total. The van der Waals surface area contributed by atoms with Crippen LogP contribution in [-0.2, 0) is 4.79 Å². The van der Waals surface area contributed by atoms with Crippen molar-refractivity contribution in [2.75, 3.05) is 6.61 Å². The zero-order valence-corrected chi connectivity index (χ0v) is 14.3. The predicted octanol–water partition coefficient (Wildman–Crippen LogP) is 4.20. The molecule has 0 aromatic heterocycles. The molecule has 2 aromatic rings. The normalized spacial score (nSPS) is 12.0. The number of carbonyl (C=O) groups excluding carboxylic acids is 1. The molecule has 1 atom stereocenters. The van der Waals surface area contributed by atoms with Crippen molar-refractivity contribution in [2.45, 2.75) is 33.7 Å². The van der Waals surface area contributed by atoms with Gasteiger partial charge in [-0.25, -0.2) is 0 Å². The van der Waals surface area contributed by atoms with Gasteiger partial charge in [-0.05, 0) is 48.6 Å². The Morgan fingerprint density at radius 2 is 1.74 bits per heavy atom. The molecule has 0 heterocycles. The smallest absolute Gasteiger partial charge is 0.258 e. The van der Waals surface area contributed by atoms with Gasteiger partial charge >= 0.3 is 0 Å². The summed E-state index contributed by atoms with van der Waals surface area (Å²) in [5.74, 6) is 0.929. The first-order valence-corrected chi connectivity index (χ1v) is 8.01. The first-order chi connectivity index (χ1) is 11.0. The highest BCUT2D eigenvalue weighted by atomic mass is 16.5. The summed E-state index contributed by atoms with van der Waals surface area (Å²) in [6.07, 6.45) is 0. The summed E-state index contributed by atoms with van der Waals surface area (Å²) in [5.41, 5.74) is 3.49. The number of ether oxygens (including phenoxy) is 1. The van der Waals surface area contributed by atoms with Crippen LogP contribution in [0.4, 0.5) is 0 Å². The minimum absolute atomic E-state index is 0.00736. The van der Waals surface area contributed by atoms with Gasteiger partial charge in [-0.15, -0.1) is 0 Å². The molecule has 23 heavy (non-hydrogen) atoms. The molecule has 0 fully saturated rings. The van der Waals surface area contributed by atoms with Gasteiger partial charge in [0.15, 0.2) is 6.61 Å². The maximum Gasteiger partial charge on any atom is 0.258 e. The molecule has 0 saturated carbocycles. The van der Waals surface area contributed by atoms with Crippen LogP contribution in [0.25, 0.3) is 0 Å². The van der Waals surface area contributed by atoms with Crippen molar-refractivity contribution in [3.63, 3.8) is 0 Å². The van der Waals surface area contributed by atoms with Gasteiger partial charge in [0, 0.05) is 0 Å². The number of carbonyl (C=O) groups is 1. The van der Waals surface area contributed by atoms with E-state index in [1.54, 1.807) is 0 Å². The SMILES string of the molecule is Cc1ccc(OCC(=O)N[C@@H](c2ccccc2)C(C)C)cc1C. The fourth-order valence-corrected chi connectivity index (χ4v) is 2.46. The number of nitrogens with one attached hydrogen (secondary N) is 1. The van der Waals surface area contributed by atoms with E-state index in [1.165, 1.54) is 5.56 Å². The lowest BCUT2D eigenvalue weighted by molar-refractivity contribution is -0.124. The number of rotatable bonds is 6. The van der Waals surface area contributed by atoms with Crippen molar-refractivity contribution in [3.8, 4) is 5.75 Å². The van der Waals surface area contributed by atoms with Crippen LogP contribution in [-0.4, -0.2) is 12.5 Å². The number of amides is 1. The molecular weight excluding hydrogens is 286 g/mol. The van der Waals surface area contributed by atoms with Crippen LogP contribution in [0.3, 0.4) is 0 Å². The van der Waals surface area contributed by atoms with Crippen LogP contribution < -0.4 is 10.1 Å². The maximum atomic E-state index is 12.2. The Balaban J connectivity index is 1.95. The highest BCUT2D eigenvalue weighted by Gasteiger charge is 2.18. The van der Waals surface area contributed by atoms with E-state index in [0.717, 1.165) is 16.9 Å². The van der Waals surface area contributed by atoms with E-state index < -0.39 is 0 Å². The highest BCUT2D eigenvalue weighted by Crippen LogP contribution is 2.21. The zero-order valence-electron chi connectivity index (χ0n) is 14.3. The van der Waals surface area contributed by atoms with Gasteiger partial charge in [-0.1, -0.05) is 50.2 Å². The number of benzene rings is 2. The molecule has 0 spiro atoms. The van der Waals surface area contributed by atoms with Crippen molar-refractivity contribution < 1.29 is 9.53 Å². The predicted molar refractivity (Wildman–Crippen MR) is 93.6 cm³/mol. The summed E-state index contributed by atoms with van der Waals surface area (Å²) >= 11 is 0. The Kier molecular flexibility index (Phi) is 5.80. The van der Waals surface area contributed by atoms with Crippen molar-refractivity contribution in [3.05, 3.63) is 65.2 Å². The number of aryl methyl sites for hydroxylation is 2. The van der Waals surface area contributed by atoms with Crippen LogP contribution in [0.1, 0.15) is 36.6 Å². The van der Waals surface area contributed by atoms with Gasteiger partial charge in [0.05, 0.1) is 6.04 Å². The maximum absolute atomic E-state index is 12.2. The van der Waals surface area contributed by atoms with Crippen LogP contribution >= 0.6 is 0 Å². The van der Waals surface area contributed by atoms with Crippen molar-refractivity contribution in [1.82, 2.24) is 5.32 Å². The summed E-state index contributed by atoms with van der Waals surface area (Å²) < 4.78 is 5.61. The van der Waals surface area contributed by atoms with Crippen LogP contribution in [0.15, 0.2) is 48.5 Å². The lowest BCUT2D eigenvalue weighted by Crippen LogP contribution is -2.35. The van der Waals surface area contributed by atoms with Gasteiger partial charge in [0.25, 0.3) is 5.91 Å². The number of hydrogen-bond donors (Lipinski definition) is 1. The Bertz CT molecular complexity index is 650. The van der Waals surface area contributed by atoms with Gasteiger partial charge < -0.3 is 10.1 Å². The van der Waals surface area contributed by atoms with E-state index in [1.807, 2.05) is 55.5 Å². The molecule has 2 aromatic carbocycles. The van der Waals surface area contributed by atoms with Gasteiger partial charge in [-0.2, -0.15) is 0 Å². The average Bonchev–Trinajstić information content (AvgIpc) is 2.54. The topological polar surface area (TPSA) is 38.3 Å². The molecule has 3 heteroatoms. The van der Waals surface area contributed by atoms with Crippen LogP contribution in [0.5, 0.6) is 5.75 Å². The fourth-order valence-electron chi connectivity index (χ4n) is 2.46. The molecule has 122 valence electrons. The molecule has 3 nitrogen and oxygen atoms in total. The monoisotopic (exact) mass is 311 g/mol. The van der Waals surface area contributed by atoms with Gasteiger partial charge in [-0.3, -0.25) is 4.79 Å². The van der Waals surface area contributed by atoms with Crippen LogP contribution in [0, 0.1) is 19.8 Å². The minimum Gasteiger partial charge on any atom is -0.484 e. The van der Waals surface area contributed by atoms with Crippen molar-refractivity contribution in [1.29, 1.82) is 0 Å². The Labute approximate surface area is 138 Å². The largest absolute Gasteiger partial charge is 0.484 e. The molecule has 0 aliphatic heterocycles. The summed E-state index contributed by atoms with van der Waals surface area (Å²) in [6.45, 7) is 8.31. The minimum atomic E-state index is -0.106. The molecular formula is C20H25NO2. The van der Waals surface area contributed by atoms with E-state index in [2.05, 4.69) is 26.1 Å². The Morgan fingerprint density at radius 3 is 2.35 bits per heavy atom. The third-order valence-corrected chi connectivity index (χ3v) is 3.99. The zero-order chi connectivity index (χ0) is 16.8. The van der Waals surface area contributed by atoms with E-state index in [9.17, 15) is 4.79 Å². The Hall–Kier alpha value is -2.29. The lowest BCUT2D eigenvalue weighted by Gasteiger charge is -2.23. The van der Waals surface area contributed by atoms with Gasteiger partial charge in [0.1, 0.15) is 5.75 Å². The highest BCUT2D eigenvalue weighted by molar-refractivity contribution is 5.78. The first-order valence-electron chi connectivity index (χ1n) is 8.01. The van der Waals surface area contributed by atoms with E-state index in [4.69, 9.17) is 4.74 Å². The summed E-state index contributed by atoms with van der Waals surface area (Å²) in [6, 6.07) is 15.9. The van der Waals surface area contributed by atoms with E-state index >= 15 is 0 Å². The summed E-state index contributed by atoms with van der Waals surface area (Å²) in [4.78, 5) is 12.2. The standard InChI is InChI=1S/C20H25NO2/c1-14(2)20(17-8-6-5-7-9-17)21-19(22)13-23-18-11-10-15(3)16(4)12-18/h5-12,14,20H,13H2,1-4H3,(H,21,22)/t20-/m1/s1. The molecule has 0 bridgehead atoms. The van der Waals surface area contributed by atoms with E-state index in [-0.39, 0.29) is 18.6 Å². The van der Waals surface area contributed by atoms with Crippen LogP contribution in [0.2, 0.25) is 0 Å². The van der Waals surface area contributed by atoms with Crippen molar-refractivity contribution >= 4 is 5.91 Å². The Morgan fingerprint density at radius 1 is 1.04 bits per heavy atom. The molecule has 0 aliphatic carbocycles. The van der Waals surface area contributed by atoms with Crippen molar-refractivity contribution in [2.24, 2.45) is 5.92 Å². The summed E-state index contributed by atoms with van der Waals surface area (Å²) in [5, 5.41) is 3.07. The van der Waals surface area contributed by atoms with Gasteiger partial charge in [0.2, 0.25) is 0 Å². The summed E-state index contributed by atoms with van der Waals surface area (Å²) in [7, 11) is 0. The molecule has 0 saturated heterocycles. The number of hydrogen-bond acceptors (Lipinski definition) is 2. The molecule has 0 aliphatic rings. The van der Waals surface area contributed by atoms with E-state index in [0.29, 0.717) is 5.92 Å². The lowest BCUT2D eigenvalue weighted by atomic mass is 9.96. The quantitative estimate of drug-likeness (QED) is 0.868.